The van der Waals surface area contributed by atoms with Gasteiger partial charge in [0.25, 0.3) is 0 Å². The van der Waals surface area contributed by atoms with Gasteiger partial charge >= 0.3 is 0 Å². The van der Waals surface area contributed by atoms with Crippen LogP contribution in [0, 0.1) is 0 Å². The molecule has 0 aliphatic carbocycles. The smallest absolute Gasteiger partial charge is 0.0192 e. The molecule has 0 saturated heterocycles. The summed E-state index contributed by atoms with van der Waals surface area (Å²) in [5, 5.41) is 0. The first-order chi connectivity index (χ1) is 2.27. The van der Waals surface area contributed by atoms with Gasteiger partial charge in [-0.2, -0.15) is 0 Å². The van der Waals surface area contributed by atoms with Crippen molar-refractivity contribution in [2.75, 3.05) is 0 Å². The molecule has 0 aliphatic heterocycles. The molecule has 0 rings (SSSR count). The summed E-state index contributed by atoms with van der Waals surface area (Å²) in [7, 11) is 0. The van der Waals surface area contributed by atoms with Crippen molar-refractivity contribution in [3.8, 4) is 0 Å². The van der Waals surface area contributed by atoms with Gasteiger partial charge < -0.3 is 5.73 Å². The van der Waals surface area contributed by atoms with Crippen LogP contribution >= 0.6 is 0 Å². The summed E-state index contributed by atoms with van der Waals surface area (Å²) in [6, 6.07) is 0.148. The first kappa shape index (κ1) is 4.70. The highest BCUT2D eigenvalue weighted by Gasteiger charge is 1.73. The van der Waals surface area contributed by atoms with E-state index in [0.29, 0.717) is 0 Å². The topological polar surface area (TPSA) is 26.0 Å². The van der Waals surface area contributed by atoms with Crippen LogP contribution in [0.3, 0.4) is 0 Å². The predicted molar refractivity (Wildman–Crippen MR) is 23.8 cm³/mol. The molecule has 0 unspecified atom stereocenters. The summed E-state index contributed by atoms with van der Waals surface area (Å²) in [6.07, 6.45) is 1.69. The van der Waals surface area contributed by atoms with E-state index in [-0.39, 0.29) is 6.04 Å². The van der Waals surface area contributed by atoms with Crippen LogP contribution in [0.4, 0.5) is 0 Å². The normalized spacial score (nSPS) is 14.0. The van der Waals surface area contributed by atoms with Crippen LogP contribution in [0.25, 0.3) is 0 Å². The van der Waals surface area contributed by atoms with E-state index in [1.807, 2.05) is 6.92 Å². The molecule has 0 aromatic rings. The van der Waals surface area contributed by atoms with Crippen LogP contribution in [0.1, 0.15) is 6.92 Å². The third kappa shape index (κ3) is 3.70. The van der Waals surface area contributed by atoms with Gasteiger partial charge in [0, 0.05) is 6.04 Å². The SMILES string of the molecule is C=C[C@H](C)N. The lowest BCUT2D eigenvalue weighted by Crippen LogP contribution is -2.09. The Hall–Kier alpha value is -0.300. The van der Waals surface area contributed by atoms with Gasteiger partial charge in [0.1, 0.15) is 0 Å². The van der Waals surface area contributed by atoms with Crippen LogP contribution in [0.15, 0.2) is 12.7 Å². The van der Waals surface area contributed by atoms with Crippen LogP contribution in [0.2, 0.25) is 0 Å². The molecule has 0 saturated carbocycles. The Morgan fingerprint density at radius 1 is 2.00 bits per heavy atom. The van der Waals surface area contributed by atoms with E-state index in [4.69, 9.17) is 5.73 Å². The Morgan fingerprint density at radius 3 is 2.20 bits per heavy atom. The first-order valence-corrected chi connectivity index (χ1v) is 1.65. The largest absolute Gasteiger partial charge is 0.325 e. The molecular weight excluding hydrogens is 62.1 g/mol. The van der Waals surface area contributed by atoms with Crippen LogP contribution in [-0.4, -0.2) is 6.04 Å². The number of rotatable bonds is 1. The highest BCUT2D eigenvalue weighted by Crippen LogP contribution is 1.67. The molecule has 0 spiro atoms. The van der Waals surface area contributed by atoms with E-state index in [1.54, 1.807) is 6.08 Å². The van der Waals surface area contributed by atoms with Crippen LogP contribution in [-0.2, 0) is 0 Å². The molecule has 1 heteroatoms. The first-order valence-electron chi connectivity index (χ1n) is 1.65. The molecule has 0 radical (unpaired) electrons. The van der Waals surface area contributed by atoms with Gasteiger partial charge in [-0.05, 0) is 6.92 Å². The Balaban J connectivity index is 2.83. The Labute approximate surface area is 32.5 Å². The summed E-state index contributed by atoms with van der Waals surface area (Å²) < 4.78 is 0. The van der Waals surface area contributed by atoms with Crippen LogP contribution < -0.4 is 5.73 Å². The second kappa shape index (κ2) is 1.97. The van der Waals surface area contributed by atoms with Crippen molar-refractivity contribution in [3.63, 3.8) is 0 Å². The van der Waals surface area contributed by atoms with Gasteiger partial charge in [-0.3, -0.25) is 0 Å². The minimum Gasteiger partial charge on any atom is -0.325 e. The fourth-order valence-electron chi connectivity index (χ4n) is 0. The van der Waals surface area contributed by atoms with Gasteiger partial charge in [0.05, 0.1) is 0 Å². The number of hydrogen-bond acceptors (Lipinski definition) is 1. The fraction of sp³-hybridized carbons (Fsp3) is 0.500. The Morgan fingerprint density at radius 2 is 2.20 bits per heavy atom. The highest BCUT2D eigenvalue weighted by atomic mass is 14.6. The van der Waals surface area contributed by atoms with Crippen LogP contribution in [0.5, 0.6) is 0 Å². The zero-order chi connectivity index (χ0) is 4.28. The fourth-order valence-corrected chi connectivity index (χ4v) is 0. The second-order valence-electron chi connectivity index (χ2n) is 1.09. The average molecular weight is 71.1 g/mol. The molecule has 0 bridgehead atoms. The third-order valence-corrected chi connectivity index (χ3v) is 0.372. The standard InChI is InChI=1S/C4H9N/c1-3-4(2)5/h3-4H,1,5H2,2H3/t4-/m0/s1. The molecule has 1 atom stereocenters. The molecule has 2 N–H and O–H groups in total. The van der Waals surface area contributed by atoms with Crippen molar-refractivity contribution in [2.24, 2.45) is 5.73 Å². The molecular formula is C4H9N. The van der Waals surface area contributed by atoms with Gasteiger partial charge in [-0.1, -0.05) is 6.08 Å². The molecule has 0 aromatic carbocycles. The lowest BCUT2D eigenvalue weighted by molar-refractivity contribution is 0.929. The third-order valence-electron chi connectivity index (χ3n) is 0.372. The van der Waals surface area contributed by atoms with Crippen molar-refractivity contribution in [1.82, 2.24) is 0 Å². The monoisotopic (exact) mass is 71.1 g/mol. The maximum absolute atomic E-state index is 5.17. The van der Waals surface area contributed by atoms with Gasteiger partial charge in [-0.15, -0.1) is 6.58 Å². The van der Waals surface area contributed by atoms with Crippen molar-refractivity contribution >= 4 is 0 Å². The van der Waals surface area contributed by atoms with E-state index in [2.05, 4.69) is 6.58 Å². The second-order valence-corrected chi connectivity index (χ2v) is 1.09. The minimum absolute atomic E-state index is 0.148. The molecule has 0 aliphatic rings. The summed E-state index contributed by atoms with van der Waals surface area (Å²) in [5.74, 6) is 0. The summed E-state index contributed by atoms with van der Waals surface area (Å²) in [5.41, 5.74) is 5.17. The summed E-state index contributed by atoms with van der Waals surface area (Å²) in [6.45, 7) is 5.32. The zero-order valence-corrected chi connectivity index (χ0v) is 3.44. The Bertz CT molecular complexity index is 30.6. The van der Waals surface area contributed by atoms with E-state index >= 15 is 0 Å². The van der Waals surface area contributed by atoms with Crippen molar-refractivity contribution in [2.45, 2.75) is 13.0 Å². The highest BCUT2D eigenvalue weighted by molar-refractivity contribution is 4.76. The van der Waals surface area contributed by atoms with Gasteiger partial charge in [-0.25, -0.2) is 0 Å². The zero-order valence-electron chi connectivity index (χ0n) is 3.44. The summed E-state index contributed by atoms with van der Waals surface area (Å²) >= 11 is 0. The molecule has 30 valence electrons. The van der Waals surface area contributed by atoms with E-state index < -0.39 is 0 Å². The molecule has 5 heavy (non-hydrogen) atoms. The average Bonchev–Trinajstić information content (AvgIpc) is 1.38. The molecule has 0 heterocycles. The molecule has 0 fully saturated rings. The molecule has 0 aromatic heterocycles. The van der Waals surface area contributed by atoms with E-state index in [9.17, 15) is 0 Å². The number of hydrogen-bond donors (Lipinski definition) is 1. The minimum atomic E-state index is 0.148. The molecule has 0 amide bonds. The maximum atomic E-state index is 5.17. The van der Waals surface area contributed by atoms with E-state index in [0.717, 1.165) is 0 Å². The van der Waals surface area contributed by atoms with Crippen molar-refractivity contribution < 1.29 is 0 Å². The lowest BCUT2D eigenvalue weighted by atomic mass is 10.4. The predicted octanol–water partition coefficient (Wildman–Crippen LogP) is 0.520. The maximum Gasteiger partial charge on any atom is 0.0192 e. The van der Waals surface area contributed by atoms with Gasteiger partial charge in [0.15, 0.2) is 0 Å². The van der Waals surface area contributed by atoms with E-state index in [1.165, 1.54) is 0 Å². The lowest BCUT2D eigenvalue weighted by Gasteiger charge is -1.85. The molecule has 1 nitrogen and oxygen atoms in total. The van der Waals surface area contributed by atoms with Crippen molar-refractivity contribution in [3.05, 3.63) is 12.7 Å². The van der Waals surface area contributed by atoms with Gasteiger partial charge in [0.2, 0.25) is 0 Å². The quantitative estimate of drug-likeness (QED) is 0.448. The summed E-state index contributed by atoms with van der Waals surface area (Å²) in [4.78, 5) is 0. The Kier molecular flexibility index (Phi) is 1.85. The van der Waals surface area contributed by atoms with Crippen molar-refractivity contribution in [1.29, 1.82) is 0 Å². The number of nitrogens with two attached hydrogens (primary N) is 1.